The molecule has 1 rings (SSSR count). The number of hydrogen-bond acceptors (Lipinski definition) is 4. The molecule has 0 heterocycles. The average Bonchev–Trinajstić information content (AvgIpc) is 2.38. The van der Waals surface area contributed by atoms with Gasteiger partial charge in [0.2, 0.25) is 5.54 Å². The van der Waals surface area contributed by atoms with Crippen LogP contribution in [-0.4, -0.2) is 38.3 Å². The second kappa shape index (κ2) is 6.15. The molecular formula is C13H14BrNO5. The summed E-state index contributed by atoms with van der Waals surface area (Å²) >= 11 is 3.16. The van der Waals surface area contributed by atoms with Crippen LogP contribution in [0.15, 0.2) is 24.3 Å². The van der Waals surface area contributed by atoms with Crippen LogP contribution in [0.4, 0.5) is 0 Å². The molecule has 0 saturated heterocycles. The summed E-state index contributed by atoms with van der Waals surface area (Å²) in [5.74, 6) is -3.34. The largest absolute Gasteiger partial charge is 0.479 e. The van der Waals surface area contributed by atoms with E-state index in [4.69, 9.17) is 15.9 Å². The van der Waals surface area contributed by atoms with Gasteiger partial charge in [0, 0.05) is 12.0 Å². The number of carboxylic acid groups (broad SMARTS) is 2. The van der Waals surface area contributed by atoms with E-state index in [1.807, 2.05) is 0 Å². The second-order valence-electron chi connectivity index (χ2n) is 4.44. The zero-order valence-electron chi connectivity index (χ0n) is 10.7. The molecule has 0 radical (unpaired) electrons. The molecule has 20 heavy (non-hydrogen) atoms. The van der Waals surface area contributed by atoms with E-state index in [2.05, 4.69) is 15.9 Å². The van der Waals surface area contributed by atoms with Crippen molar-refractivity contribution in [1.82, 2.24) is 0 Å². The number of carbonyl (C=O) groups is 3. The number of Topliss-reactive ketones (excluding diaryl/α,β-unsaturated/α-hetero) is 1. The molecule has 0 fully saturated rings. The minimum Gasteiger partial charge on any atom is -0.479 e. The van der Waals surface area contributed by atoms with Crippen LogP contribution in [-0.2, 0) is 16.0 Å². The zero-order valence-corrected chi connectivity index (χ0v) is 12.3. The van der Waals surface area contributed by atoms with Gasteiger partial charge in [-0.1, -0.05) is 40.2 Å². The van der Waals surface area contributed by atoms with Crippen LogP contribution < -0.4 is 5.73 Å². The molecule has 108 valence electrons. The van der Waals surface area contributed by atoms with Gasteiger partial charge in [0.15, 0.2) is 5.78 Å². The van der Waals surface area contributed by atoms with E-state index >= 15 is 0 Å². The first-order valence-electron chi connectivity index (χ1n) is 5.71. The second-order valence-corrected chi connectivity index (χ2v) is 5.81. The molecule has 0 aromatic heterocycles. The Morgan fingerprint density at radius 2 is 1.65 bits per heavy atom. The first-order valence-corrected chi connectivity index (χ1v) is 6.63. The van der Waals surface area contributed by atoms with Gasteiger partial charge in [-0.15, -0.1) is 0 Å². The highest BCUT2D eigenvalue weighted by Crippen LogP contribution is 2.15. The van der Waals surface area contributed by atoms with Gasteiger partial charge in [0.05, 0.1) is 4.83 Å². The van der Waals surface area contributed by atoms with Gasteiger partial charge in [-0.05, 0) is 12.5 Å². The summed E-state index contributed by atoms with van der Waals surface area (Å²) in [5.41, 5.74) is 3.88. The van der Waals surface area contributed by atoms with E-state index in [-0.39, 0.29) is 17.0 Å². The number of halogens is 1. The highest BCUT2D eigenvalue weighted by atomic mass is 79.9. The van der Waals surface area contributed by atoms with Crippen molar-refractivity contribution < 1.29 is 24.6 Å². The number of aliphatic carboxylic acids is 2. The van der Waals surface area contributed by atoms with Crippen molar-refractivity contribution >= 4 is 33.7 Å². The first kappa shape index (κ1) is 16.3. The molecule has 0 amide bonds. The van der Waals surface area contributed by atoms with Crippen molar-refractivity contribution in [2.45, 2.75) is 23.7 Å². The summed E-state index contributed by atoms with van der Waals surface area (Å²) in [4.78, 5) is 33.3. The standard InChI is InChI=1S/C13H14BrNO5/c1-7(14)10(16)9-4-2-8(3-5-9)6-13(15,11(17)18)12(19)20/h2-5,7H,6,15H2,1H3,(H,17,18)(H,19,20). The van der Waals surface area contributed by atoms with Gasteiger partial charge < -0.3 is 15.9 Å². The summed E-state index contributed by atoms with van der Waals surface area (Å²) < 4.78 is 0. The smallest absolute Gasteiger partial charge is 0.335 e. The highest BCUT2D eigenvalue weighted by molar-refractivity contribution is 9.10. The van der Waals surface area contributed by atoms with Crippen LogP contribution >= 0.6 is 15.9 Å². The first-order chi connectivity index (χ1) is 9.18. The van der Waals surface area contributed by atoms with Crippen molar-refractivity contribution in [2.24, 2.45) is 5.73 Å². The molecule has 4 N–H and O–H groups in total. The lowest BCUT2D eigenvalue weighted by Gasteiger charge is -2.19. The van der Waals surface area contributed by atoms with Crippen molar-refractivity contribution in [3.05, 3.63) is 35.4 Å². The summed E-state index contributed by atoms with van der Waals surface area (Å²) in [6.45, 7) is 1.69. The SMILES string of the molecule is CC(Br)C(=O)c1ccc(CC(N)(C(=O)O)C(=O)O)cc1. The number of alkyl halides is 1. The predicted octanol–water partition coefficient (Wildman–Crippen LogP) is 1.06. The summed E-state index contributed by atoms with van der Waals surface area (Å²) in [6.07, 6.45) is -0.365. The quantitative estimate of drug-likeness (QED) is 0.404. The number of rotatable bonds is 6. The minimum absolute atomic E-state index is 0.118. The van der Waals surface area contributed by atoms with Crippen LogP contribution in [0.2, 0.25) is 0 Å². The zero-order chi connectivity index (χ0) is 15.5. The molecule has 1 atom stereocenters. The van der Waals surface area contributed by atoms with Crippen LogP contribution in [0, 0.1) is 0 Å². The molecule has 0 aliphatic rings. The lowest BCUT2D eigenvalue weighted by molar-refractivity contribution is -0.156. The van der Waals surface area contributed by atoms with Crippen LogP contribution in [0.3, 0.4) is 0 Å². The van der Waals surface area contributed by atoms with E-state index < -0.39 is 17.5 Å². The monoisotopic (exact) mass is 343 g/mol. The molecule has 0 aliphatic carbocycles. The highest BCUT2D eigenvalue weighted by Gasteiger charge is 2.42. The molecule has 0 aliphatic heterocycles. The van der Waals surface area contributed by atoms with Gasteiger partial charge in [0.25, 0.3) is 0 Å². The Kier molecular flexibility index (Phi) is 5.02. The third kappa shape index (κ3) is 3.43. The maximum atomic E-state index is 11.7. The number of ketones is 1. The van der Waals surface area contributed by atoms with Crippen molar-refractivity contribution in [2.75, 3.05) is 0 Å². The van der Waals surface area contributed by atoms with E-state index in [1.165, 1.54) is 24.3 Å². The Morgan fingerprint density at radius 1 is 1.20 bits per heavy atom. The maximum absolute atomic E-state index is 11.7. The van der Waals surface area contributed by atoms with Crippen molar-refractivity contribution in [3.8, 4) is 0 Å². The number of carbonyl (C=O) groups excluding carboxylic acids is 1. The van der Waals surface area contributed by atoms with E-state index in [1.54, 1.807) is 6.92 Å². The Bertz CT molecular complexity index is 524. The molecule has 1 unspecified atom stereocenters. The molecule has 7 heteroatoms. The number of benzene rings is 1. The van der Waals surface area contributed by atoms with Crippen molar-refractivity contribution in [1.29, 1.82) is 0 Å². The predicted molar refractivity (Wildman–Crippen MR) is 75.1 cm³/mol. The van der Waals surface area contributed by atoms with E-state index in [9.17, 15) is 14.4 Å². The van der Waals surface area contributed by atoms with E-state index in [0.29, 0.717) is 11.1 Å². The minimum atomic E-state index is -2.38. The Balaban J connectivity index is 2.98. The Morgan fingerprint density at radius 3 is 2.00 bits per heavy atom. The molecule has 1 aromatic rings. The van der Waals surface area contributed by atoms with Gasteiger partial charge in [-0.2, -0.15) is 0 Å². The average molecular weight is 344 g/mol. The maximum Gasteiger partial charge on any atom is 0.335 e. The molecule has 0 saturated carbocycles. The van der Waals surface area contributed by atoms with Crippen LogP contribution in [0.5, 0.6) is 0 Å². The normalized spacial score (nSPS) is 12.8. The third-order valence-electron chi connectivity index (χ3n) is 2.85. The summed E-state index contributed by atoms with van der Waals surface area (Å²) in [6, 6.07) is 6.02. The summed E-state index contributed by atoms with van der Waals surface area (Å²) in [5, 5.41) is 17.8. The van der Waals surface area contributed by atoms with E-state index in [0.717, 1.165) is 0 Å². The molecule has 1 aromatic carbocycles. The fraction of sp³-hybridized carbons (Fsp3) is 0.308. The van der Waals surface area contributed by atoms with Crippen LogP contribution in [0.25, 0.3) is 0 Å². The fourth-order valence-corrected chi connectivity index (χ4v) is 1.85. The Labute approximate surface area is 123 Å². The molecule has 0 spiro atoms. The number of hydrogen-bond donors (Lipinski definition) is 3. The lowest BCUT2D eigenvalue weighted by atomic mass is 9.91. The summed E-state index contributed by atoms with van der Waals surface area (Å²) in [7, 11) is 0. The fourth-order valence-electron chi connectivity index (χ4n) is 1.58. The molecule has 6 nitrogen and oxygen atoms in total. The number of nitrogens with two attached hydrogens (primary N) is 1. The van der Waals surface area contributed by atoms with Gasteiger partial charge in [-0.25, -0.2) is 9.59 Å². The molecular weight excluding hydrogens is 330 g/mol. The number of carboxylic acids is 2. The van der Waals surface area contributed by atoms with Crippen LogP contribution in [0.1, 0.15) is 22.8 Å². The van der Waals surface area contributed by atoms with Gasteiger partial charge in [0.1, 0.15) is 0 Å². The van der Waals surface area contributed by atoms with Gasteiger partial charge in [-0.3, -0.25) is 4.79 Å². The Hall–Kier alpha value is -1.73. The van der Waals surface area contributed by atoms with Crippen molar-refractivity contribution in [3.63, 3.8) is 0 Å². The van der Waals surface area contributed by atoms with Gasteiger partial charge >= 0.3 is 11.9 Å². The third-order valence-corrected chi connectivity index (χ3v) is 3.26. The molecule has 0 bridgehead atoms. The topological polar surface area (TPSA) is 118 Å². The lowest BCUT2D eigenvalue weighted by Crippen LogP contribution is -2.56.